The zero-order valence-corrected chi connectivity index (χ0v) is 25.1. The number of hydrogen-bond donors (Lipinski definition) is 3. The Balaban J connectivity index is 6.28. The van der Waals surface area contributed by atoms with E-state index in [1.165, 1.54) is 0 Å². The van der Waals surface area contributed by atoms with Crippen LogP contribution in [-0.4, -0.2) is 77.8 Å². The van der Waals surface area contributed by atoms with E-state index in [9.17, 15) is 9.59 Å². The van der Waals surface area contributed by atoms with Crippen LogP contribution in [0.1, 0.15) is 60.8 Å². The van der Waals surface area contributed by atoms with Crippen molar-refractivity contribution in [1.82, 2.24) is 0 Å². The van der Waals surface area contributed by atoms with Crippen LogP contribution in [0.25, 0.3) is 0 Å². The third kappa shape index (κ3) is 11.7. The zero-order chi connectivity index (χ0) is 24.7. The van der Waals surface area contributed by atoms with Crippen molar-refractivity contribution < 1.29 is 39.6 Å². The Morgan fingerprint density at radius 3 is 1.34 bits per heavy atom. The van der Waals surface area contributed by atoms with Crippen LogP contribution in [0.4, 0.5) is 0 Å². The zero-order valence-electron chi connectivity index (χ0n) is 21.1. The maximum absolute atomic E-state index is 11.2. The molecule has 2 unspecified atom stereocenters. The van der Waals surface area contributed by atoms with Gasteiger partial charge in [-0.05, 0) is 40.7 Å². The minimum Gasteiger partial charge on any atom is -0.390 e. The Hall–Kier alpha value is 0.468. The summed E-state index contributed by atoms with van der Waals surface area (Å²) in [6.45, 7) is 14.6. The third-order valence-electron chi connectivity index (χ3n) is 4.32. The molecule has 0 radical (unpaired) electrons. The van der Waals surface area contributed by atoms with Crippen LogP contribution < -0.4 is 5.73 Å². The SMILES string of the molecule is CCC[Si](O)(OCC)O[Si](C)(O[Si](O)(CCC)OCC)O[Si](CCCN)(OCC)OCC. The van der Waals surface area contributed by atoms with E-state index in [1.807, 2.05) is 27.7 Å². The first-order valence-corrected chi connectivity index (χ1v) is 20.0. The topological polar surface area (TPSA) is 131 Å². The van der Waals surface area contributed by atoms with E-state index < -0.39 is 35.2 Å². The normalized spacial score (nSPS) is 18.2. The molecule has 2 atom stereocenters. The van der Waals surface area contributed by atoms with Crippen molar-refractivity contribution in [2.24, 2.45) is 5.73 Å². The summed E-state index contributed by atoms with van der Waals surface area (Å²) in [6, 6.07) is 1.13. The molecule has 0 aromatic rings. The second-order valence-corrected chi connectivity index (χ2v) is 18.4. The van der Waals surface area contributed by atoms with Gasteiger partial charge in [0.2, 0.25) is 0 Å². The van der Waals surface area contributed by atoms with Crippen molar-refractivity contribution in [3.8, 4) is 0 Å². The first-order valence-electron chi connectivity index (χ1n) is 11.9. The molecule has 0 rings (SSSR count). The van der Waals surface area contributed by atoms with Crippen molar-refractivity contribution in [1.29, 1.82) is 0 Å². The summed E-state index contributed by atoms with van der Waals surface area (Å²) in [4.78, 5) is 22.4. The Kier molecular flexibility index (Phi) is 16.4. The van der Waals surface area contributed by atoms with Gasteiger partial charge in [0.25, 0.3) is 0 Å². The Labute approximate surface area is 199 Å². The van der Waals surface area contributed by atoms with Crippen molar-refractivity contribution in [3.05, 3.63) is 0 Å². The lowest BCUT2D eigenvalue weighted by atomic mass is 10.5. The average molecular weight is 534 g/mol. The molecule has 14 heteroatoms. The van der Waals surface area contributed by atoms with Gasteiger partial charge in [0.15, 0.2) is 0 Å². The highest BCUT2D eigenvalue weighted by Crippen LogP contribution is 2.31. The summed E-state index contributed by atoms with van der Waals surface area (Å²) in [7, 11) is -14.4. The van der Waals surface area contributed by atoms with E-state index in [-0.39, 0.29) is 13.2 Å². The molecule has 0 aromatic heterocycles. The van der Waals surface area contributed by atoms with E-state index in [4.69, 9.17) is 35.8 Å². The Morgan fingerprint density at radius 2 is 1.03 bits per heavy atom. The van der Waals surface area contributed by atoms with Gasteiger partial charge in [0.1, 0.15) is 0 Å². The van der Waals surface area contributed by atoms with Crippen molar-refractivity contribution >= 4 is 35.2 Å². The van der Waals surface area contributed by atoms with Gasteiger partial charge in [-0.25, -0.2) is 0 Å². The highest BCUT2D eigenvalue weighted by molar-refractivity contribution is 6.84. The second kappa shape index (κ2) is 16.2. The molecule has 0 heterocycles. The highest BCUT2D eigenvalue weighted by atomic mass is 28.5. The second-order valence-electron chi connectivity index (χ2n) is 7.40. The fourth-order valence-electron chi connectivity index (χ4n) is 3.37. The third-order valence-corrected chi connectivity index (χ3v) is 18.7. The minimum atomic E-state index is -3.78. The lowest BCUT2D eigenvalue weighted by molar-refractivity contribution is 0.0542. The molecule has 0 aliphatic rings. The maximum atomic E-state index is 11.2. The van der Waals surface area contributed by atoms with Crippen molar-refractivity contribution in [3.63, 3.8) is 0 Å². The van der Waals surface area contributed by atoms with E-state index >= 15 is 0 Å². The van der Waals surface area contributed by atoms with Crippen LogP contribution in [0.2, 0.25) is 24.7 Å². The van der Waals surface area contributed by atoms with Crippen LogP contribution in [0.15, 0.2) is 0 Å². The van der Waals surface area contributed by atoms with Gasteiger partial charge in [-0.3, -0.25) is 0 Å². The first-order chi connectivity index (χ1) is 15.0. The molecule has 0 fully saturated rings. The Morgan fingerprint density at radius 1 is 0.625 bits per heavy atom. The predicted molar refractivity (Wildman–Crippen MR) is 132 cm³/mol. The summed E-state index contributed by atoms with van der Waals surface area (Å²) in [5, 5.41) is 0. The van der Waals surface area contributed by atoms with E-state index in [0.29, 0.717) is 57.2 Å². The molecule has 0 bridgehead atoms. The van der Waals surface area contributed by atoms with Gasteiger partial charge in [-0.2, -0.15) is 0 Å². The van der Waals surface area contributed by atoms with Gasteiger partial charge in [-0.15, -0.1) is 0 Å². The van der Waals surface area contributed by atoms with Gasteiger partial charge in [-0.1, -0.05) is 26.7 Å². The number of rotatable bonds is 21. The average Bonchev–Trinajstić information content (AvgIpc) is 2.66. The van der Waals surface area contributed by atoms with Crippen LogP contribution in [-0.2, 0) is 30.0 Å². The standard InChI is InChI=1S/C18H47NO9Si4/c1-8-16-30(20,22-10-3)26-29(7,27-31(21,17-9-2)23-11-4)28-32(24-12-5,25-13-6)18-14-15-19/h20-21H,8-19H2,1-7H3. The van der Waals surface area contributed by atoms with Gasteiger partial charge < -0.3 is 45.4 Å². The molecule has 0 spiro atoms. The van der Waals surface area contributed by atoms with Crippen molar-refractivity contribution in [2.45, 2.75) is 85.5 Å². The predicted octanol–water partition coefficient (Wildman–Crippen LogP) is 2.72. The molecular weight excluding hydrogens is 487 g/mol. The first kappa shape index (κ1) is 32.5. The number of nitrogens with two attached hydrogens (primary N) is 1. The fourth-order valence-corrected chi connectivity index (χ4v) is 18.4. The molecule has 0 saturated heterocycles. The van der Waals surface area contributed by atoms with E-state index in [0.717, 1.165) is 0 Å². The van der Waals surface area contributed by atoms with Crippen molar-refractivity contribution in [2.75, 3.05) is 33.0 Å². The summed E-state index contributed by atoms with van der Waals surface area (Å²) >= 11 is 0. The summed E-state index contributed by atoms with van der Waals surface area (Å²) in [5.74, 6) is 0. The molecule has 10 nitrogen and oxygen atoms in total. The molecule has 0 aliphatic heterocycles. The maximum Gasteiger partial charge on any atom is 0.493 e. The molecule has 32 heavy (non-hydrogen) atoms. The molecule has 4 N–H and O–H groups in total. The lowest BCUT2D eigenvalue weighted by Crippen LogP contribution is -2.66. The quantitative estimate of drug-likeness (QED) is 0.189. The molecule has 0 saturated carbocycles. The fraction of sp³-hybridized carbons (Fsp3) is 1.00. The molecule has 0 aliphatic carbocycles. The monoisotopic (exact) mass is 533 g/mol. The number of hydrogen-bond acceptors (Lipinski definition) is 10. The van der Waals surface area contributed by atoms with E-state index in [1.54, 1.807) is 20.4 Å². The lowest BCUT2D eigenvalue weighted by Gasteiger charge is -2.42. The van der Waals surface area contributed by atoms with Crippen LogP contribution in [0.3, 0.4) is 0 Å². The van der Waals surface area contributed by atoms with Crippen LogP contribution in [0.5, 0.6) is 0 Å². The van der Waals surface area contributed by atoms with Crippen LogP contribution >= 0.6 is 0 Å². The highest BCUT2D eigenvalue weighted by Gasteiger charge is 2.59. The summed E-state index contributed by atoms with van der Waals surface area (Å²) < 4.78 is 42.4. The van der Waals surface area contributed by atoms with Gasteiger partial charge in [0, 0.05) is 51.1 Å². The van der Waals surface area contributed by atoms with Gasteiger partial charge in [0.05, 0.1) is 0 Å². The Bertz CT molecular complexity index is 451. The molecule has 0 amide bonds. The molecular formula is C18H47NO9Si4. The largest absolute Gasteiger partial charge is 0.493 e. The smallest absolute Gasteiger partial charge is 0.390 e. The summed E-state index contributed by atoms with van der Waals surface area (Å²) in [6.07, 6.45) is 1.94. The van der Waals surface area contributed by atoms with Crippen LogP contribution in [0, 0.1) is 0 Å². The summed E-state index contributed by atoms with van der Waals surface area (Å²) in [5.41, 5.74) is 5.75. The van der Waals surface area contributed by atoms with Gasteiger partial charge >= 0.3 is 35.2 Å². The molecule has 0 aromatic carbocycles. The minimum absolute atomic E-state index is 0.280. The van der Waals surface area contributed by atoms with E-state index in [2.05, 4.69) is 0 Å². The molecule has 194 valence electrons.